The first kappa shape index (κ1) is 27.5. The van der Waals surface area contributed by atoms with Gasteiger partial charge < -0.3 is 34.0 Å². The molecule has 1 N–H and O–H groups in total. The Morgan fingerprint density at radius 3 is 1.97 bits per heavy atom. The van der Waals surface area contributed by atoms with Gasteiger partial charge in [-0.2, -0.15) is 0 Å². The SMILES string of the molecule is CCCNC(=O)CCOCCOCCOCCOCCN(C)C(=O)CC(C)C=O. The molecule has 9 heteroatoms. The van der Waals surface area contributed by atoms with E-state index in [0.717, 1.165) is 12.7 Å². The number of hydrogen-bond acceptors (Lipinski definition) is 7. The zero-order chi connectivity index (χ0) is 21.7. The summed E-state index contributed by atoms with van der Waals surface area (Å²) in [6, 6.07) is 0. The van der Waals surface area contributed by atoms with Crippen molar-refractivity contribution < 1.29 is 33.3 Å². The molecule has 170 valence electrons. The second-order valence-corrected chi connectivity index (χ2v) is 6.68. The van der Waals surface area contributed by atoms with Crippen molar-refractivity contribution in [3.05, 3.63) is 0 Å². The number of likely N-dealkylation sites (N-methyl/N-ethyl adjacent to an activating group) is 1. The van der Waals surface area contributed by atoms with E-state index in [1.54, 1.807) is 18.9 Å². The lowest BCUT2D eigenvalue weighted by molar-refractivity contribution is -0.132. The largest absolute Gasteiger partial charge is 0.379 e. The van der Waals surface area contributed by atoms with E-state index < -0.39 is 0 Å². The second kappa shape index (κ2) is 19.8. The van der Waals surface area contributed by atoms with Gasteiger partial charge in [-0.1, -0.05) is 13.8 Å². The summed E-state index contributed by atoms with van der Waals surface area (Å²) in [5.74, 6) is -0.315. The smallest absolute Gasteiger partial charge is 0.223 e. The van der Waals surface area contributed by atoms with Crippen molar-refractivity contribution >= 4 is 18.1 Å². The van der Waals surface area contributed by atoms with Crippen LogP contribution in [0.4, 0.5) is 0 Å². The van der Waals surface area contributed by atoms with E-state index in [9.17, 15) is 14.4 Å². The third kappa shape index (κ3) is 18.2. The van der Waals surface area contributed by atoms with E-state index in [0.29, 0.717) is 72.4 Å². The molecule has 29 heavy (non-hydrogen) atoms. The van der Waals surface area contributed by atoms with Gasteiger partial charge in [0.15, 0.2) is 0 Å². The second-order valence-electron chi connectivity index (χ2n) is 6.68. The summed E-state index contributed by atoms with van der Waals surface area (Å²) in [6.45, 7) is 8.45. The van der Waals surface area contributed by atoms with Crippen LogP contribution >= 0.6 is 0 Å². The molecule has 9 nitrogen and oxygen atoms in total. The predicted octanol–water partition coefficient (Wildman–Crippen LogP) is 0.653. The molecule has 0 aliphatic heterocycles. The first-order chi connectivity index (χ1) is 14.0. The Hall–Kier alpha value is -1.55. The van der Waals surface area contributed by atoms with E-state index >= 15 is 0 Å². The first-order valence-corrected chi connectivity index (χ1v) is 10.3. The zero-order valence-electron chi connectivity index (χ0n) is 18.2. The lowest BCUT2D eigenvalue weighted by Gasteiger charge is -2.18. The molecular weight excluding hydrogens is 380 g/mol. The molecule has 0 bridgehead atoms. The van der Waals surface area contributed by atoms with Crippen LogP contribution in [-0.2, 0) is 33.3 Å². The van der Waals surface area contributed by atoms with Gasteiger partial charge in [0.2, 0.25) is 11.8 Å². The Balaban J connectivity index is 3.30. The maximum Gasteiger partial charge on any atom is 0.223 e. The Bertz CT molecular complexity index is 435. The molecule has 0 aromatic carbocycles. The van der Waals surface area contributed by atoms with Crippen molar-refractivity contribution in [2.75, 3.05) is 73.0 Å². The number of nitrogens with one attached hydrogen (secondary N) is 1. The number of aldehydes is 1. The molecule has 0 radical (unpaired) electrons. The Kier molecular flexibility index (Phi) is 18.7. The van der Waals surface area contributed by atoms with Crippen LogP contribution in [0.2, 0.25) is 0 Å². The van der Waals surface area contributed by atoms with Crippen molar-refractivity contribution in [1.29, 1.82) is 0 Å². The topological polar surface area (TPSA) is 103 Å². The molecule has 1 atom stereocenters. The third-order valence-corrected chi connectivity index (χ3v) is 3.89. The number of rotatable bonds is 20. The minimum absolute atomic E-state index is 0.00845. The Labute approximate surface area is 174 Å². The molecule has 0 aliphatic rings. The number of carbonyl (C=O) groups is 3. The zero-order valence-corrected chi connectivity index (χ0v) is 18.2. The van der Waals surface area contributed by atoms with E-state index in [1.807, 2.05) is 6.92 Å². The molecule has 2 amide bonds. The highest BCUT2D eigenvalue weighted by Gasteiger charge is 2.12. The van der Waals surface area contributed by atoms with Crippen LogP contribution in [0.25, 0.3) is 0 Å². The van der Waals surface area contributed by atoms with Crippen LogP contribution < -0.4 is 5.32 Å². The number of ether oxygens (including phenoxy) is 4. The summed E-state index contributed by atoms with van der Waals surface area (Å²) < 4.78 is 21.5. The van der Waals surface area contributed by atoms with Crippen molar-refractivity contribution in [1.82, 2.24) is 10.2 Å². The van der Waals surface area contributed by atoms with Gasteiger partial charge in [0, 0.05) is 38.9 Å². The van der Waals surface area contributed by atoms with Crippen molar-refractivity contribution in [3.63, 3.8) is 0 Å². The van der Waals surface area contributed by atoms with Crippen LogP contribution in [0, 0.1) is 5.92 Å². The summed E-state index contributed by atoms with van der Waals surface area (Å²) in [5, 5.41) is 2.79. The average Bonchev–Trinajstić information content (AvgIpc) is 2.71. The fraction of sp³-hybridized carbons (Fsp3) is 0.850. The first-order valence-electron chi connectivity index (χ1n) is 10.3. The van der Waals surface area contributed by atoms with Crippen LogP contribution in [0.3, 0.4) is 0 Å². The standard InChI is InChI=1S/C20H38N2O7/c1-4-6-21-19(24)5-8-26-10-12-28-14-15-29-13-11-27-9-7-22(3)20(25)16-18(2)17-23/h17-18H,4-16H2,1-3H3,(H,21,24). The normalized spacial score (nSPS) is 11.8. The summed E-state index contributed by atoms with van der Waals surface area (Å²) >= 11 is 0. The fourth-order valence-electron chi connectivity index (χ4n) is 2.09. The van der Waals surface area contributed by atoms with Crippen LogP contribution in [-0.4, -0.2) is 96.0 Å². The van der Waals surface area contributed by atoms with Crippen molar-refractivity contribution in [2.45, 2.75) is 33.1 Å². The fourth-order valence-corrected chi connectivity index (χ4v) is 2.09. The summed E-state index contributed by atoms with van der Waals surface area (Å²) in [7, 11) is 1.70. The van der Waals surface area contributed by atoms with Gasteiger partial charge in [0.25, 0.3) is 0 Å². The molecule has 0 spiro atoms. The number of nitrogens with zero attached hydrogens (tertiary/aromatic N) is 1. The van der Waals surface area contributed by atoms with Crippen LogP contribution in [0.15, 0.2) is 0 Å². The number of carbonyl (C=O) groups excluding carboxylic acids is 3. The minimum atomic E-state index is -0.259. The van der Waals surface area contributed by atoms with Crippen LogP contribution in [0.1, 0.15) is 33.1 Å². The lowest BCUT2D eigenvalue weighted by atomic mass is 10.1. The predicted molar refractivity (Wildman–Crippen MR) is 109 cm³/mol. The van der Waals surface area contributed by atoms with Gasteiger partial charge in [0.05, 0.1) is 52.9 Å². The monoisotopic (exact) mass is 418 g/mol. The van der Waals surface area contributed by atoms with Gasteiger partial charge in [-0.25, -0.2) is 0 Å². The van der Waals surface area contributed by atoms with E-state index in [1.165, 1.54) is 0 Å². The quantitative estimate of drug-likeness (QED) is 0.229. The Morgan fingerprint density at radius 2 is 1.45 bits per heavy atom. The molecule has 0 aromatic rings. The molecule has 0 rings (SSSR count). The maximum atomic E-state index is 11.8. The molecule has 0 heterocycles. The van der Waals surface area contributed by atoms with Crippen LogP contribution in [0.5, 0.6) is 0 Å². The number of hydrogen-bond donors (Lipinski definition) is 1. The van der Waals surface area contributed by atoms with E-state index in [-0.39, 0.29) is 24.2 Å². The van der Waals surface area contributed by atoms with Gasteiger partial charge in [0.1, 0.15) is 6.29 Å². The van der Waals surface area contributed by atoms with E-state index in [2.05, 4.69) is 5.32 Å². The molecule has 0 saturated heterocycles. The highest BCUT2D eigenvalue weighted by Crippen LogP contribution is 2.01. The average molecular weight is 419 g/mol. The summed E-state index contributed by atoms with van der Waals surface area (Å²) in [5.41, 5.74) is 0. The van der Waals surface area contributed by atoms with Gasteiger partial charge in [-0.3, -0.25) is 9.59 Å². The maximum absolute atomic E-state index is 11.8. The van der Waals surface area contributed by atoms with Gasteiger partial charge in [-0.05, 0) is 6.42 Å². The lowest BCUT2D eigenvalue weighted by Crippen LogP contribution is -2.31. The number of amides is 2. The molecule has 0 fully saturated rings. The van der Waals surface area contributed by atoms with E-state index in [4.69, 9.17) is 18.9 Å². The Morgan fingerprint density at radius 1 is 0.931 bits per heavy atom. The third-order valence-electron chi connectivity index (χ3n) is 3.89. The van der Waals surface area contributed by atoms with Gasteiger partial charge >= 0.3 is 0 Å². The van der Waals surface area contributed by atoms with Crippen molar-refractivity contribution in [3.8, 4) is 0 Å². The molecule has 1 unspecified atom stereocenters. The molecule has 0 aromatic heterocycles. The summed E-state index contributed by atoms with van der Waals surface area (Å²) in [4.78, 5) is 35.2. The summed E-state index contributed by atoms with van der Waals surface area (Å²) in [6.07, 6.45) is 2.30. The highest BCUT2D eigenvalue weighted by atomic mass is 16.6. The molecular formula is C20H38N2O7. The minimum Gasteiger partial charge on any atom is -0.379 e. The van der Waals surface area contributed by atoms with Gasteiger partial charge in [-0.15, -0.1) is 0 Å². The molecule has 0 saturated carbocycles. The highest BCUT2D eigenvalue weighted by molar-refractivity contribution is 5.78. The molecule has 0 aliphatic carbocycles. The van der Waals surface area contributed by atoms with Crippen molar-refractivity contribution in [2.24, 2.45) is 5.92 Å².